The lowest BCUT2D eigenvalue weighted by Crippen LogP contribution is -2.06. The molecule has 0 radical (unpaired) electrons. The van der Waals surface area contributed by atoms with E-state index in [1.54, 1.807) is 24.3 Å². The molecule has 0 spiro atoms. The molecule has 0 aliphatic heterocycles. The van der Waals surface area contributed by atoms with Gasteiger partial charge in [-0.05, 0) is 18.2 Å². The minimum absolute atomic E-state index is 0.156. The molecule has 0 fully saturated rings. The molecule has 1 amide bonds. The van der Waals surface area contributed by atoms with E-state index in [0.29, 0.717) is 23.0 Å². The molecule has 0 saturated carbocycles. The zero-order valence-electron chi connectivity index (χ0n) is 9.88. The average Bonchev–Trinajstić information content (AvgIpc) is 2.34. The number of ether oxygens (including phenoxy) is 1. The number of carbonyl (C=O) groups excluding carboxylic acids is 1. The minimum atomic E-state index is -0.156. The third-order valence-electron chi connectivity index (χ3n) is 2.17. The van der Waals surface area contributed by atoms with Gasteiger partial charge in [-0.3, -0.25) is 4.79 Å². The number of hydrogen-bond donors (Lipinski definition) is 2. The maximum absolute atomic E-state index is 11.1. The van der Waals surface area contributed by atoms with Crippen LogP contribution in [0.25, 0.3) is 0 Å². The van der Waals surface area contributed by atoms with Crippen LogP contribution >= 0.6 is 0 Å². The summed E-state index contributed by atoms with van der Waals surface area (Å²) in [5, 5.41) is 2.69. The molecule has 92 valence electrons. The third-order valence-corrected chi connectivity index (χ3v) is 2.17. The molecule has 0 saturated heterocycles. The summed E-state index contributed by atoms with van der Waals surface area (Å²) >= 11 is 0. The second kappa shape index (κ2) is 5.18. The van der Waals surface area contributed by atoms with Crippen LogP contribution in [0.15, 0.2) is 42.6 Å². The molecule has 0 aliphatic carbocycles. The fraction of sp³-hybridized carbons (Fsp3) is 0.0769. The normalized spacial score (nSPS) is 9.83. The number of benzene rings is 1. The van der Waals surface area contributed by atoms with Gasteiger partial charge >= 0.3 is 0 Å². The summed E-state index contributed by atoms with van der Waals surface area (Å²) < 4.78 is 5.58. The highest BCUT2D eigenvalue weighted by molar-refractivity contribution is 5.90. The molecule has 0 aliphatic rings. The van der Waals surface area contributed by atoms with Crippen LogP contribution < -0.4 is 15.8 Å². The summed E-state index contributed by atoms with van der Waals surface area (Å²) in [7, 11) is 0. The monoisotopic (exact) mass is 243 g/mol. The Balaban J connectivity index is 2.23. The fourth-order valence-electron chi connectivity index (χ4n) is 1.41. The topological polar surface area (TPSA) is 77.2 Å². The smallest absolute Gasteiger partial charge is 0.221 e. The molecule has 0 bridgehead atoms. The summed E-state index contributed by atoms with van der Waals surface area (Å²) in [5.41, 5.74) is 6.71. The predicted octanol–water partition coefficient (Wildman–Crippen LogP) is 2.41. The van der Waals surface area contributed by atoms with Crippen molar-refractivity contribution in [2.45, 2.75) is 6.92 Å². The molecule has 2 rings (SSSR count). The number of nitrogens with one attached hydrogen (secondary N) is 1. The Morgan fingerprint density at radius 1 is 1.28 bits per heavy atom. The second-order valence-corrected chi connectivity index (χ2v) is 3.71. The standard InChI is InChI=1S/C13H13N3O2/c1-9(17)16-11-4-2-3-5-12(11)18-13-7-6-10(14)8-15-13/h2-8H,14H2,1H3,(H,16,17). The van der Waals surface area contributed by atoms with E-state index in [4.69, 9.17) is 10.5 Å². The van der Waals surface area contributed by atoms with Crippen molar-refractivity contribution < 1.29 is 9.53 Å². The van der Waals surface area contributed by atoms with Gasteiger partial charge in [-0.25, -0.2) is 4.98 Å². The van der Waals surface area contributed by atoms with Gasteiger partial charge in [0, 0.05) is 13.0 Å². The lowest BCUT2D eigenvalue weighted by Gasteiger charge is -2.10. The number of nitrogens with two attached hydrogens (primary N) is 1. The number of rotatable bonds is 3. The van der Waals surface area contributed by atoms with Crippen molar-refractivity contribution in [1.29, 1.82) is 0 Å². The Morgan fingerprint density at radius 3 is 2.72 bits per heavy atom. The molecule has 3 N–H and O–H groups in total. The fourth-order valence-corrected chi connectivity index (χ4v) is 1.41. The molecule has 1 aromatic carbocycles. The van der Waals surface area contributed by atoms with E-state index >= 15 is 0 Å². The SMILES string of the molecule is CC(=O)Nc1ccccc1Oc1ccc(N)cn1. The predicted molar refractivity (Wildman–Crippen MR) is 69.5 cm³/mol. The Kier molecular flexibility index (Phi) is 3.43. The lowest BCUT2D eigenvalue weighted by molar-refractivity contribution is -0.114. The Hall–Kier alpha value is -2.56. The van der Waals surface area contributed by atoms with Crippen molar-refractivity contribution in [3.63, 3.8) is 0 Å². The van der Waals surface area contributed by atoms with E-state index < -0.39 is 0 Å². The molecule has 1 aromatic heterocycles. The summed E-state index contributed by atoms with van der Waals surface area (Å²) in [4.78, 5) is 15.1. The van der Waals surface area contributed by atoms with Gasteiger partial charge in [0.1, 0.15) is 0 Å². The first-order chi connectivity index (χ1) is 8.65. The molecule has 2 aromatic rings. The van der Waals surface area contributed by atoms with Gasteiger partial charge < -0.3 is 15.8 Å². The molecular weight excluding hydrogens is 230 g/mol. The summed E-state index contributed by atoms with van der Waals surface area (Å²) in [6.45, 7) is 1.44. The lowest BCUT2D eigenvalue weighted by atomic mass is 10.3. The summed E-state index contributed by atoms with van der Waals surface area (Å²) in [5.74, 6) is 0.795. The van der Waals surface area contributed by atoms with Gasteiger partial charge in [0.2, 0.25) is 11.8 Å². The van der Waals surface area contributed by atoms with Crippen LogP contribution in [-0.2, 0) is 4.79 Å². The van der Waals surface area contributed by atoms with Gasteiger partial charge in [-0.2, -0.15) is 0 Å². The van der Waals surface area contributed by atoms with E-state index in [1.807, 2.05) is 12.1 Å². The van der Waals surface area contributed by atoms with E-state index in [-0.39, 0.29) is 5.91 Å². The molecule has 0 atom stereocenters. The number of aromatic nitrogens is 1. The summed E-state index contributed by atoms with van der Waals surface area (Å²) in [6, 6.07) is 10.5. The minimum Gasteiger partial charge on any atom is -0.437 e. The van der Waals surface area contributed by atoms with Gasteiger partial charge in [0.15, 0.2) is 5.75 Å². The van der Waals surface area contributed by atoms with Crippen LogP contribution in [0.2, 0.25) is 0 Å². The Labute approximate surface area is 105 Å². The van der Waals surface area contributed by atoms with Crippen molar-refractivity contribution in [2.75, 3.05) is 11.1 Å². The van der Waals surface area contributed by atoms with Crippen molar-refractivity contribution in [2.24, 2.45) is 0 Å². The first-order valence-electron chi connectivity index (χ1n) is 5.41. The first-order valence-corrected chi connectivity index (χ1v) is 5.41. The maximum Gasteiger partial charge on any atom is 0.221 e. The largest absolute Gasteiger partial charge is 0.437 e. The van der Waals surface area contributed by atoms with Crippen molar-refractivity contribution in [3.05, 3.63) is 42.6 Å². The Bertz CT molecular complexity index is 552. The third kappa shape index (κ3) is 2.98. The van der Waals surface area contributed by atoms with Crippen LogP contribution in [0, 0.1) is 0 Å². The molecule has 0 unspecified atom stereocenters. The average molecular weight is 243 g/mol. The zero-order chi connectivity index (χ0) is 13.0. The number of para-hydroxylation sites is 2. The van der Waals surface area contributed by atoms with E-state index in [1.165, 1.54) is 13.1 Å². The van der Waals surface area contributed by atoms with E-state index in [9.17, 15) is 4.79 Å². The molecule has 5 nitrogen and oxygen atoms in total. The van der Waals surface area contributed by atoms with Gasteiger partial charge in [0.25, 0.3) is 0 Å². The van der Waals surface area contributed by atoms with Crippen LogP contribution in [0.5, 0.6) is 11.6 Å². The highest BCUT2D eigenvalue weighted by Crippen LogP contribution is 2.28. The second-order valence-electron chi connectivity index (χ2n) is 3.71. The molecular formula is C13H13N3O2. The quantitative estimate of drug-likeness (QED) is 0.867. The highest BCUT2D eigenvalue weighted by atomic mass is 16.5. The Morgan fingerprint density at radius 2 is 2.06 bits per heavy atom. The first kappa shape index (κ1) is 11.9. The number of nitrogen functional groups attached to an aromatic ring is 1. The highest BCUT2D eigenvalue weighted by Gasteiger charge is 2.06. The van der Waals surface area contributed by atoms with E-state index in [0.717, 1.165) is 0 Å². The van der Waals surface area contributed by atoms with Crippen LogP contribution in [0.1, 0.15) is 6.92 Å². The number of pyridine rings is 1. The number of hydrogen-bond acceptors (Lipinski definition) is 4. The van der Waals surface area contributed by atoms with Crippen molar-refractivity contribution >= 4 is 17.3 Å². The maximum atomic E-state index is 11.1. The van der Waals surface area contributed by atoms with Gasteiger partial charge in [-0.15, -0.1) is 0 Å². The number of amides is 1. The van der Waals surface area contributed by atoms with E-state index in [2.05, 4.69) is 10.3 Å². The van der Waals surface area contributed by atoms with Crippen LogP contribution in [-0.4, -0.2) is 10.9 Å². The van der Waals surface area contributed by atoms with Gasteiger partial charge in [-0.1, -0.05) is 12.1 Å². The van der Waals surface area contributed by atoms with Crippen molar-refractivity contribution in [3.8, 4) is 11.6 Å². The van der Waals surface area contributed by atoms with Crippen molar-refractivity contribution in [1.82, 2.24) is 4.98 Å². The zero-order valence-corrected chi connectivity index (χ0v) is 9.88. The van der Waals surface area contributed by atoms with Crippen LogP contribution in [0.3, 0.4) is 0 Å². The van der Waals surface area contributed by atoms with Gasteiger partial charge in [0.05, 0.1) is 17.6 Å². The number of nitrogens with zero attached hydrogens (tertiary/aromatic N) is 1. The molecule has 1 heterocycles. The number of anilines is 2. The summed E-state index contributed by atoms with van der Waals surface area (Å²) in [6.07, 6.45) is 1.51. The number of carbonyl (C=O) groups is 1. The molecule has 18 heavy (non-hydrogen) atoms. The molecule has 5 heteroatoms. The van der Waals surface area contributed by atoms with Crippen LogP contribution in [0.4, 0.5) is 11.4 Å².